The first kappa shape index (κ1) is 16.6. The maximum atomic E-state index is 12.2. The van der Waals surface area contributed by atoms with Gasteiger partial charge in [-0.25, -0.2) is 0 Å². The Hall–Kier alpha value is -2.25. The number of ether oxygens (including phenoxy) is 1. The maximum absolute atomic E-state index is 12.2. The van der Waals surface area contributed by atoms with Gasteiger partial charge in [0.05, 0.1) is 31.5 Å². The van der Waals surface area contributed by atoms with Gasteiger partial charge in [-0.3, -0.25) is 19.4 Å². The number of rotatable bonds is 5. The van der Waals surface area contributed by atoms with Gasteiger partial charge in [0.2, 0.25) is 5.91 Å². The molecule has 0 aromatic carbocycles. The average Bonchev–Trinajstić information content (AvgIpc) is 2.86. The SMILES string of the molecule is Cc1cc(C)n(CC2CN(CC(=O)Nc3ccncc3)CCO2)n1. The summed E-state index contributed by atoms with van der Waals surface area (Å²) in [5.74, 6) is -0.0204. The van der Waals surface area contributed by atoms with E-state index in [-0.39, 0.29) is 12.0 Å². The molecule has 3 heterocycles. The van der Waals surface area contributed by atoms with E-state index in [2.05, 4.69) is 26.4 Å². The van der Waals surface area contributed by atoms with Crippen molar-refractivity contribution in [2.45, 2.75) is 26.5 Å². The van der Waals surface area contributed by atoms with Gasteiger partial charge in [0.15, 0.2) is 0 Å². The summed E-state index contributed by atoms with van der Waals surface area (Å²) in [6.45, 7) is 7.22. The highest BCUT2D eigenvalue weighted by atomic mass is 16.5. The second-order valence-electron chi connectivity index (χ2n) is 6.12. The number of nitrogens with one attached hydrogen (secondary N) is 1. The molecule has 0 aliphatic carbocycles. The summed E-state index contributed by atoms with van der Waals surface area (Å²) in [4.78, 5) is 18.2. The number of anilines is 1. The smallest absolute Gasteiger partial charge is 0.238 e. The Kier molecular flexibility index (Phi) is 5.22. The second kappa shape index (κ2) is 7.55. The molecule has 7 nitrogen and oxygen atoms in total. The lowest BCUT2D eigenvalue weighted by Gasteiger charge is -2.32. The van der Waals surface area contributed by atoms with Crippen molar-refractivity contribution in [1.29, 1.82) is 0 Å². The van der Waals surface area contributed by atoms with Crippen LogP contribution in [0, 0.1) is 13.8 Å². The molecule has 1 fully saturated rings. The first-order valence-corrected chi connectivity index (χ1v) is 8.15. The van der Waals surface area contributed by atoms with Crippen LogP contribution in [0.4, 0.5) is 5.69 Å². The molecule has 1 aliphatic rings. The number of amides is 1. The summed E-state index contributed by atoms with van der Waals surface area (Å²) in [5.41, 5.74) is 2.91. The topological polar surface area (TPSA) is 72.3 Å². The minimum Gasteiger partial charge on any atom is -0.374 e. The quantitative estimate of drug-likeness (QED) is 0.893. The average molecular weight is 329 g/mol. The molecule has 1 N–H and O–H groups in total. The molecular weight excluding hydrogens is 306 g/mol. The third-order valence-electron chi connectivity index (χ3n) is 4.03. The Labute approximate surface area is 141 Å². The number of hydrogen-bond acceptors (Lipinski definition) is 5. The van der Waals surface area contributed by atoms with Crippen LogP contribution in [0.3, 0.4) is 0 Å². The third kappa shape index (κ3) is 4.39. The molecule has 1 saturated heterocycles. The van der Waals surface area contributed by atoms with E-state index >= 15 is 0 Å². The van der Waals surface area contributed by atoms with E-state index < -0.39 is 0 Å². The van der Waals surface area contributed by atoms with Crippen LogP contribution in [0.25, 0.3) is 0 Å². The van der Waals surface area contributed by atoms with Gasteiger partial charge in [-0.1, -0.05) is 0 Å². The van der Waals surface area contributed by atoms with Crippen LogP contribution in [0.5, 0.6) is 0 Å². The highest BCUT2D eigenvalue weighted by molar-refractivity contribution is 5.92. The van der Waals surface area contributed by atoms with Crippen LogP contribution in [-0.4, -0.2) is 57.9 Å². The van der Waals surface area contributed by atoms with Crippen LogP contribution in [0.15, 0.2) is 30.6 Å². The standard InChI is InChI=1S/C17H23N5O2/c1-13-9-14(2)22(20-13)11-16-10-21(7-8-24-16)12-17(23)19-15-3-5-18-6-4-15/h3-6,9,16H,7-8,10-12H2,1-2H3,(H,18,19,23). The molecule has 0 bridgehead atoms. The molecule has 1 aliphatic heterocycles. The fourth-order valence-electron chi connectivity index (χ4n) is 2.93. The molecule has 1 unspecified atom stereocenters. The van der Waals surface area contributed by atoms with Gasteiger partial charge in [0.1, 0.15) is 0 Å². The van der Waals surface area contributed by atoms with Gasteiger partial charge in [-0.15, -0.1) is 0 Å². The van der Waals surface area contributed by atoms with Crippen LogP contribution >= 0.6 is 0 Å². The number of nitrogens with zero attached hydrogens (tertiary/aromatic N) is 4. The summed E-state index contributed by atoms with van der Waals surface area (Å²) in [6, 6.07) is 5.62. The Balaban J connectivity index is 1.52. The summed E-state index contributed by atoms with van der Waals surface area (Å²) in [7, 11) is 0. The van der Waals surface area contributed by atoms with E-state index in [1.807, 2.05) is 18.5 Å². The van der Waals surface area contributed by atoms with Crippen molar-refractivity contribution in [1.82, 2.24) is 19.7 Å². The second-order valence-corrected chi connectivity index (χ2v) is 6.12. The molecule has 0 saturated carbocycles. The summed E-state index contributed by atoms with van der Waals surface area (Å²) in [6.07, 6.45) is 3.37. The van der Waals surface area contributed by atoms with Gasteiger partial charge < -0.3 is 10.1 Å². The van der Waals surface area contributed by atoms with Crippen molar-refractivity contribution in [3.8, 4) is 0 Å². The van der Waals surface area contributed by atoms with E-state index in [0.717, 1.165) is 30.2 Å². The summed E-state index contributed by atoms with van der Waals surface area (Å²) < 4.78 is 7.81. The fraction of sp³-hybridized carbons (Fsp3) is 0.471. The first-order valence-electron chi connectivity index (χ1n) is 8.15. The number of pyridine rings is 1. The van der Waals surface area contributed by atoms with Gasteiger partial charge >= 0.3 is 0 Å². The van der Waals surface area contributed by atoms with Crippen LogP contribution in [0.2, 0.25) is 0 Å². The normalized spacial score (nSPS) is 18.5. The Morgan fingerprint density at radius 3 is 2.88 bits per heavy atom. The number of carbonyl (C=O) groups excluding carboxylic acids is 1. The lowest BCUT2D eigenvalue weighted by atomic mass is 10.2. The van der Waals surface area contributed by atoms with E-state index in [9.17, 15) is 4.79 Å². The summed E-state index contributed by atoms with van der Waals surface area (Å²) in [5, 5.41) is 7.37. The first-order chi connectivity index (χ1) is 11.6. The fourth-order valence-corrected chi connectivity index (χ4v) is 2.93. The van der Waals surface area contributed by atoms with E-state index in [4.69, 9.17) is 4.74 Å². The molecule has 1 amide bonds. The van der Waals surface area contributed by atoms with Crippen molar-refractivity contribution in [3.05, 3.63) is 42.0 Å². The molecule has 2 aromatic rings. The van der Waals surface area contributed by atoms with Gasteiger partial charge in [0.25, 0.3) is 0 Å². The monoisotopic (exact) mass is 329 g/mol. The molecular formula is C17H23N5O2. The van der Waals surface area contributed by atoms with Crippen LogP contribution in [-0.2, 0) is 16.1 Å². The van der Waals surface area contributed by atoms with Crippen molar-refractivity contribution in [3.63, 3.8) is 0 Å². The molecule has 7 heteroatoms. The summed E-state index contributed by atoms with van der Waals surface area (Å²) >= 11 is 0. The molecule has 2 aromatic heterocycles. The van der Waals surface area contributed by atoms with Gasteiger partial charge in [-0.05, 0) is 32.0 Å². The zero-order valence-corrected chi connectivity index (χ0v) is 14.1. The Morgan fingerprint density at radius 1 is 1.38 bits per heavy atom. The molecule has 24 heavy (non-hydrogen) atoms. The number of aromatic nitrogens is 3. The molecule has 128 valence electrons. The van der Waals surface area contributed by atoms with E-state index in [0.29, 0.717) is 19.7 Å². The van der Waals surface area contributed by atoms with Crippen molar-refractivity contribution < 1.29 is 9.53 Å². The minimum absolute atomic E-state index is 0.0204. The predicted octanol–water partition coefficient (Wildman–Crippen LogP) is 1.23. The lowest BCUT2D eigenvalue weighted by molar-refractivity contribution is -0.119. The van der Waals surface area contributed by atoms with Crippen LogP contribution < -0.4 is 5.32 Å². The van der Waals surface area contributed by atoms with Crippen LogP contribution in [0.1, 0.15) is 11.4 Å². The molecule has 0 radical (unpaired) electrons. The van der Waals surface area contributed by atoms with Gasteiger partial charge in [0, 0.05) is 36.9 Å². The zero-order chi connectivity index (χ0) is 16.9. The van der Waals surface area contributed by atoms with E-state index in [1.165, 1.54) is 0 Å². The Morgan fingerprint density at radius 2 is 2.17 bits per heavy atom. The Bertz CT molecular complexity index is 686. The largest absolute Gasteiger partial charge is 0.374 e. The lowest BCUT2D eigenvalue weighted by Crippen LogP contribution is -2.47. The predicted molar refractivity (Wildman–Crippen MR) is 90.7 cm³/mol. The highest BCUT2D eigenvalue weighted by Crippen LogP contribution is 2.11. The number of morpholine rings is 1. The van der Waals surface area contributed by atoms with Crippen molar-refractivity contribution in [2.75, 3.05) is 31.6 Å². The molecule has 1 atom stereocenters. The number of aryl methyl sites for hydroxylation is 2. The minimum atomic E-state index is -0.0204. The zero-order valence-electron chi connectivity index (χ0n) is 14.1. The maximum Gasteiger partial charge on any atom is 0.238 e. The van der Waals surface area contributed by atoms with Gasteiger partial charge in [-0.2, -0.15) is 5.10 Å². The van der Waals surface area contributed by atoms with Crippen molar-refractivity contribution in [2.24, 2.45) is 0 Å². The van der Waals surface area contributed by atoms with Crippen molar-refractivity contribution >= 4 is 11.6 Å². The molecule has 0 spiro atoms. The highest BCUT2D eigenvalue weighted by Gasteiger charge is 2.23. The molecule has 3 rings (SSSR count). The van der Waals surface area contributed by atoms with E-state index in [1.54, 1.807) is 24.5 Å². The number of hydrogen-bond donors (Lipinski definition) is 1. The third-order valence-corrected chi connectivity index (χ3v) is 4.03. The number of carbonyl (C=O) groups is 1.